The number of piperidine rings is 1. The number of urea groups is 1. The van der Waals surface area contributed by atoms with Crippen molar-refractivity contribution in [1.29, 1.82) is 0 Å². The second kappa shape index (κ2) is 6.84. The van der Waals surface area contributed by atoms with E-state index in [1.54, 1.807) is 0 Å². The minimum atomic E-state index is 0.185. The van der Waals surface area contributed by atoms with Crippen molar-refractivity contribution in [2.24, 2.45) is 0 Å². The van der Waals surface area contributed by atoms with Crippen molar-refractivity contribution >= 4 is 6.03 Å². The van der Waals surface area contributed by atoms with Gasteiger partial charge in [0.05, 0.1) is 0 Å². The van der Waals surface area contributed by atoms with E-state index in [0.717, 1.165) is 45.6 Å². The van der Waals surface area contributed by atoms with Crippen LogP contribution in [0.1, 0.15) is 33.6 Å². The zero-order chi connectivity index (χ0) is 12.8. The van der Waals surface area contributed by atoms with E-state index in [9.17, 15) is 4.79 Å². The molecule has 0 aromatic heterocycles. The lowest BCUT2D eigenvalue weighted by atomic mass is 10.0. The van der Waals surface area contributed by atoms with E-state index in [1.807, 2.05) is 30.7 Å². The fourth-order valence-corrected chi connectivity index (χ4v) is 2.50. The van der Waals surface area contributed by atoms with Gasteiger partial charge in [0.15, 0.2) is 0 Å². The normalized spacial score (nSPS) is 18.1. The molecule has 0 spiro atoms. The molecular weight excluding hydrogens is 214 g/mol. The zero-order valence-electron chi connectivity index (χ0n) is 11.8. The van der Waals surface area contributed by atoms with Crippen molar-refractivity contribution < 1.29 is 4.79 Å². The average Bonchev–Trinajstić information content (AvgIpc) is 2.39. The first-order valence-electron chi connectivity index (χ1n) is 6.88. The minimum Gasteiger partial charge on any atom is -0.325 e. The first-order chi connectivity index (χ1) is 8.13. The third-order valence-corrected chi connectivity index (χ3v) is 3.89. The number of carbonyl (C=O) groups is 1. The highest BCUT2D eigenvalue weighted by atomic mass is 16.2. The Balaban J connectivity index is 2.47. The van der Waals surface area contributed by atoms with Crippen molar-refractivity contribution in [3.63, 3.8) is 0 Å². The molecule has 1 saturated heterocycles. The predicted octanol–water partition coefficient (Wildman–Crippen LogP) is 1.86. The summed E-state index contributed by atoms with van der Waals surface area (Å²) >= 11 is 0. The molecule has 1 heterocycles. The van der Waals surface area contributed by atoms with Crippen molar-refractivity contribution in [2.45, 2.75) is 39.7 Å². The van der Waals surface area contributed by atoms with E-state index >= 15 is 0 Å². The van der Waals surface area contributed by atoms with E-state index < -0.39 is 0 Å². The van der Waals surface area contributed by atoms with Gasteiger partial charge in [-0.05, 0) is 33.2 Å². The molecule has 4 nitrogen and oxygen atoms in total. The number of amides is 2. The summed E-state index contributed by atoms with van der Waals surface area (Å²) in [5.41, 5.74) is 0. The average molecular weight is 241 g/mol. The molecule has 0 radical (unpaired) electrons. The smallest absolute Gasteiger partial charge is 0.319 e. The molecule has 2 amide bonds. The largest absolute Gasteiger partial charge is 0.325 e. The van der Waals surface area contributed by atoms with Gasteiger partial charge >= 0.3 is 6.03 Å². The molecular formula is C13H27N3O. The number of rotatable bonds is 4. The van der Waals surface area contributed by atoms with Crippen LogP contribution in [0, 0.1) is 0 Å². The minimum absolute atomic E-state index is 0.185. The quantitative estimate of drug-likeness (QED) is 0.751. The van der Waals surface area contributed by atoms with Crippen molar-refractivity contribution in [3.05, 3.63) is 0 Å². The van der Waals surface area contributed by atoms with Crippen LogP contribution in [0.25, 0.3) is 0 Å². The lowest BCUT2D eigenvalue weighted by Crippen LogP contribution is -2.50. The van der Waals surface area contributed by atoms with Gasteiger partial charge in [-0.2, -0.15) is 0 Å². The van der Waals surface area contributed by atoms with Crippen molar-refractivity contribution in [3.8, 4) is 0 Å². The Labute approximate surface area is 106 Å². The molecule has 1 aliphatic heterocycles. The summed E-state index contributed by atoms with van der Waals surface area (Å²) in [6.45, 7) is 11.2. The van der Waals surface area contributed by atoms with Crippen LogP contribution in [0.3, 0.4) is 0 Å². The van der Waals surface area contributed by atoms with E-state index in [0.29, 0.717) is 6.04 Å². The van der Waals surface area contributed by atoms with Gasteiger partial charge in [-0.3, -0.25) is 0 Å². The molecule has 1 fully saturated rings. The van der Waals surface area contributed by atoms with E-state index in [1.165, 1.54) is 0 Å². The molecule has 1 aliphatic rings. The predicted molar refractivity (Wildman–Crippen MR) is 71.2 cm³/mol. The van der Waals surface area contributed by atoms with Gasteiger partial charge in [0.25, 0.3) is 0 Å². The van der Waals surface area contributed by atoms with Gasteiger partial charge in [0.1, 0.15) is 0 Å². The van der Waals surface area contributed by atoms with Crippen LogP contribution in [0.5, 0.6) is 0 Å². The van der Waals surface area contributed by atoms with Gasteiger partial charge in [-0.25, -0.2) is 4.79 Å². The molecule has 1 rings (SSSR count). The molecule has 100 valence electrons. The highest BCUT2D eigenvalue weighted by Crippen LogP contribution is 2.16. The number of nitrogens with zero attached hydrogens (tertiary/aromatic N) is 3. The number of likely N-dealkylation sites (tertiary alicyclic amines) is 1. The van der Waals surface area contributed by atoms with Gasteiger partial charge < -0.3 is 14.7 Å². The van der Waals surface area contributed by atoms with Gasteiger partial charge in [-0.15, -0.1) is 0 Å². The summed E-state index contributed by atoms with van der Waals surface area (Å²) in [5.74, 6) is 0. The number of hydrogen-bond donors (Lipinski definition) is 0. The van der Waals surface area contributed by atoms with Crippen molar-refractivity contribution in [1.82, 2.24) is 14.7 Å². The van der Waals surface area contributed by atoms with Crippen LogP contribution in [0.15, 0.2) is 0 Å². The monoisotopic (exact) mass is 241 g/mol. The van der Waals surface area contributed by atoms with Crippen molar-refractivity contribution in [2.75, 3.05) is 39.8 Å². The molecule has 0 N–H and O–H groups in total. The maximum Gasteiger partial charge on any atom is 0.319 e. The zero-order valence-corrected chi connectivity index (χ0v) is 11.8. The van der Waals surface area contributed by atoms with Crippen LogP contribution in [0.2, 0.25) is 0 Å². The van der Waals surface area contributed by atoms with Gasteiger partial charge in [0.2, 0.25) is 0 Å². The summed E-state index contributed by atoms with van der Waals surface area (Å²) in [4.78, 5) is 18.5. The maximum absolute atomic E-state index is 12.2. The second-order valence-electron chi connectivity index (χ2n) is 4.73. The first-order valence-corrected chi connectivity index (χ1v) is 6.88. The highest BCUT2D eigenvalue weighted by Gasteiger charge is 2.26. The number of carbonyl (C=O) groups excluding carboxylic acids is 1. The van der Waals surface area contributed by atoms with Gasteiger partial charge in [-0.1, -0.05) is 6.92 Å². The molecule has 0 atom stereocenters. The summed E-state index contributed by atoms with van der Waals surface area (Å²) < 4.78 is 0. The summed E-state index contributed by atoms with van der Waals surface area (Å²) in [6.07, 6.45) is 2.22. The Kier molecular flexibility index (Phi) is 5.75. The van der Waals surface area contributed by atoms with E-state index in [2.05, 4.69) is 11.8 Å². The lowest BCUT2D eigenvalue weighted by Gasteiger charge is -2.38. The van der Waals surface area contributed by atoms with Gasteiger partial charge in [0, 0.05) is 39.3 Å². The highest BCUT2D eigenvalue weighted by molar-refractivity contribution is 5.74. The van der Waals surface area contributed by atoms with Crippen LogP contribution in [0.4, 0.5) is 4.79 Å². The fraction of sp³-hybridized carbons (Fsp3) is 0.923. The molecule has 0 aromatic carbocycles. The molecule has 17 heavy (non-hydrogen) atoms. The molecule has 0 bridgehead atoms. The topological polar surface area (TPSA) is 26.8 Å². The number of hydrogen-bond acceptors (Lipinski definition) is 2. The Morgan fingerprint density at radius 2 is 1.71 bits per heavy atom. The first kappa shape index (κ1) is 14.3. The molecule has 0 unspecified atom stereocenters. The maximum atomic E-state index is 12.2. The second-order valence-corrected chi connectivity index (χ2v) is 4.73. The summed E-state index contributed by atoms with van der Waals surface area (Å²) in [5, 5.41) is 0. The third-order valence-electron chi connectivity index (χ3n) is 3.89. The SMILES string of the molecule is CCN1CCC(N(C)C(=O)N(CC)CC)CC1. The van der Waals surface area contributed by atoms with E-state index in [-0.39, 0.29) is 6.03 Å². The molecule has 0 aromatic rings. The standard InChI is InChI=1S/C13H27N3O/c1-5-15-10-8-12(9-11-15)14(4)13(17)16(6-2)7-3/h12H,5-11H2,1-4H3. The van der Waals surface area contributed by atoms with Crippen LogP contribution >= 0.6 is 0 Å². The summed E-state index contributed by atoms with van der Waals surface area (Å²) in [6, 6.07) is 0.607. The molecule has 4 heteroatoms. The molecule has 0 saturated carbocycles. The van der Waals surface area contributed by atoms with E-state index in [4.69, 9.17) is 0 Å². The Bertz CT molecular complexity index is 233. The Morgan fingerprint density at radius 1 is 1.18 bits per heavy atom. The molecule has 0 aliphatic carbocycles. The Hall–Kier alpha value is -0.770. The third kappa shape index (κ3) is 3.60. The lowest BCUT2D eigenvalue weighted by molar-refractivity contribution is 0.116. The van der Waals surface area contributed by atoms with Crippen LogP contribution < -0.4 is 0 Å². The van der Waals surface area contributed by atoms with Crippen LogP contribution in [-0.4, -0.2) is 66.5 Å². The van der Waals surface area contributed by atoms with Crippen LogP contribution in [-0.2, 0) is 0 Å². The fourth-order valence-electron chi connectivity index (χ4n) is 2.50. The summed E-state index contributed by atoms with van der Waals surface area (Å²) in [7, 11) is 1.95. The Morgan fingerprint density at radius 3 is 2.12 bits per heavy atom.